The standard InChI is InChI=1S/C10H11NO4/c1-6(11-10(14)15)9(13)7-2-4-8(12)5-3-7/h2-6,11-12H,1H3,(H,14,15)/t6-/m0/s1. The molecule has 0 spiro atoms. The summed E-state index contributed by atoms with van der Waals surface area (Å²) in [4.78, 5) is 21.9. The number of carbonyl (C=O) groups is 2. The van der Waals surface area contributed by atoms with Crippen LogP contribution in [0.25, 0.3) is 0 Å². The van der Waals surface area contributed by atoms with E-state index in [0.717, 1.165) is 0 Å². The van der Waals surface area contributed by atoms with Gasteiger partial charge in [0.1, 0.15) is 5.75 Å². The molecule has 15 heavy (non-hydrogen) atoms. The normalized spacial score (nSPS) is 11.8. The van der Waals surface area contributed by atoms with Crippen LogP contribution in [-0.2, 0) is 0 Å². The predicted molar refractivity (Wildman–Crippen MR) is 53.1 cm³/mol. The lowest BCUT2D eigenvalue weighted by Gasteiger charge is -2.09. The molecule has 0 radical (unpaired) electrons. The van der Waals surface area contributed by atoms with E-state index in [9.17, 15) is 9.59 Å². The first-order valence-electron chi connectivity index (χ1n) is 4.33. The zero-order valence-electron chi connectivity index (χ0n) is 8.10. The van der Waals surface area contributed by atoms with Crippen LogP contribution in [-0.4, -0.2) is 28.1 Å². The highest BCUT2D eigenvalue weighted by atomic mass is 16.4. The molecule has 0 unspecified atom stereocenters. The van der Waals surface area contributed by atoms with Crippen LogP contribution in [0.2, 0.25) is 0 Å². The highest BCUT2D eigenvalue weighted by Gasteiger charge is 2.16. The SMILES string of the molecule is C[C@H](NC(=O)O)C(=O)c1ccc(O)cc1. The van der Waals surface area contributed by atoms with Crippen LogP contribution in [0.5, 0.6) is 5.75 Å². The van der Waals surface area contributed by atoms with E-state index < -0.39 is 12.1 Å². The van der Waals surface area contributed by atoms with Gasteiger partial charge < -0.3 is 15.5 Å². The molecule has 0 heterocycles. The second-order valence-electron chi connectivity index (χ2n) is 3.08. The zero-order valence-corrected chi connectivity index (χ0v) is 8.10. The van der Waals surface area contributed by atoms with Crippen molar-refractivity contribution in [3.63, 3.8) is 0 Å². The lowest BCUT2D eigenvalue weighted by atomic mass is 10.1. The molecule has 0 saturated carbocycles. The molecule has 0 aliphatic heterocycles. The number of amides is 1. The molecule has 1 rings (SSSR count). The van der Waals surface area contributed by atoms with Crippen molar-refractivity contribution in [2.45, 2.75) is 13.0 Å². The third-order valence-electron chi connectivity index (χ3n) is 1.89. The van der Waals surface area contributed by atoms with E-state index in [0.29, 0.717) is 5.56 Å². The van der Waals surface area contributed by atoms with Crippen molar-refractivity contribution in [2.75, 3.05) is 0 Å². The van der Waals surface area contributed by atoms with E-state index in [1.54, 1.807) is 0 Å². The topological polar surface area (TPSA) is 86.6 Å². The Morgan fingerprint density at radius 2 is 1.80 bits per heavy atom. The number of Topliss-reactive ketones (excluding diaryl/α,β-unsaturated/α-hetero) is 1. The maximum absolute atomic E-state index is 11.6. The molecule has 5 heteroatoms. The average molecular weight is 209 g/mol. The number of hydrogen-bond acceptors (Lipinski definition) is 3. The number of phenolic OH excluding ortho intramolecular Hbond substituents is 1. The molecule has 1 amide bonds. The molecule has 5 nitrogen and oxygen atoms in total. The van der Waals surface area contributed by atoms with Gasteiger partial charge in [-0.15, -0.1) is 0 Å². The van der Waals surface area contributed by atoms with Gasteiger partial charge in [0.2, 0.25) is 0 Å². The van der Waals surface area contributed by atoms with Crippen molar-refractivity contribution in [1.82, 2.24) is 5.32 Å². The lowest BCUT2D eigenvalue weighted by Crippen LogP contribution is -2.37. The average Bonchev–Trinajstić information content (AvgIpc) is 2.17. The van der Waals surface area contributed by atoms with Crippen molar-refractivity contribution in [2.24, 2.45) is 0 Å². The van der Waals surface area contributed by atoms with Gasteiger partial charge in [-0.05, 0) is 31.2 Å². The molecule has 0 aliphatic carbocycles. The molecule has 0 aliphatic rings. The molecular weight excluding hydrogens is 198 g/mol. The quantitative estimate of drug-likeness (QED) is 0.653. The number of benzene rings is 1. The molecule has 80 valence electrons. The van der Waals surface area contributed by atoms with Gasteiger partial charge in [0, 0.05) is 5.56 Å². The summed E-state index contributed by atoms with van der Waals surface area (Å²) in [7, 11) is 0. The Morgan fingerprint density at radius 3 is 2.27 bits per heavy atom. The molecule has 3 N–H and O–H groups in total. The van der Waals surface area contributed by atoms with Crippen LogP contribution in [0.15, 0.2) is 24.3 Å². The van der Waals surface area contributed by atoms with E-state index in [2.05, 4.69) is 5.32 Å². The van der Waals surface area contributed by atoms with Crippen molar-refractivity contribution in [3.05, 3.63) is 29.8 Å². The fraction of sp³-hybridized carbons (Fsp3) is 0.200. The number of hydrogen-bond donors (Lipinski definition) is 3. The third-order valence-corrected chi connectivity index (χ3v) is 1.89. The van der Waals surface area contributed by atoms with Crippen molar-refractivity contribution in [1.29, 1.82) is 0 Å². The highest BCUT2D eigenvalue weighted by Crippen LogP contribution is 2.11. The van der Waals surface area contributed by atoms with Gasteiger partial charge in [0.15, 0.2) is 5.78 Å². The van der Waals surface area contributed by atoms with Crippen LogP contribution < -0.4 is 5.32 Å². The summed E-state index contributed by atoms with van der Waals surface area (Å²) in [5, 5.41) is 19.5. The highest BCUT2D eigenvalue weighted by molar-refractivity contribution is 6.01. The molecule has 1 atom stereocenters. The van der Waals surface area contributed by atoms with E-state index in [4.69, 9.17) is 10.2 Å². The number of ketones is 1. The van der Waals surface area contributed by atoms with Crippen molar-refractivity contribution >= 4 is 11.9 Å². The smallest absolute Gasteiger partial charge is 0.405 e. The Balaban J connectivity index is 2.76. The van der Waals surface area contributed by atoms with Crippen molar-refractivity contribution in [3.8, 4) is 5.75 Å². The van der Waals surface area contributed by atoms with Crippen molar-refractivity contribution < 1.29 is 19.8 Å². The van der Waals surface area contributed by atoms with Crippen LogP contribution >= 0.6 is 0 Å². The molecule has 0 saturated heterocycles. The molecule has 1 aromatic rings. The maximum Gasteiger partial charge on any atom is 0.405 e. The number of nitrogens with one attached hydrogen (secondary N) is 1. The Morgan fingerprint density at radius 1 is 1.27 bits per heavy atom. The molecular formula is C10H11NO4. The van der Waals surface area contributed by atoms with Gasteiger partial charge in [-0.25, -0.2) is 4.79 Å². The minimum absolute atomic E-state index is 0.0606. The molecule has 1 aromatic carbocycles. The number of phenols is 1. The summed E-state index contributed by atoms with van der Waals surface area (Å²) in [6.45, 7) is 1.46. The summed E-state index contributed by atoms with van der Waals surface area (Å²) in [6, 6.07) is 4.84. The van der Waals surface area contributed by atoms with Gasteiger partial charge in [0.05, 0.1) is 6.04 Å². The first-order chi connectivity index (χ1) is 7.00. The van der Waals surface area contributed by atoms with Gasteiger partial charge in [-0.1, -0.05) is 0 Å². The second-order valence-corrected chi connectivity index (χ2v) is 3.08. The van der Waals surface area contributed by atoms with E-state index in [1.807, 2.05) is 0 Å². The van der Waals surface area contributed by atoms with Gasteiger partial charge in [-0.2, -0.15) is 0 Å². The molecule has 0 bridgehead atoms. The van der Waals surface area contributed by atoms with E-state index >= 15 is 0 Å². The number of carboxylic acid groups (broad SMARTS) is 1. The van der Waals surface area contributed by atoms with Crippen LogP contribution in [0.1, 0.15) is 17.3 Å². The van der Waals surface area contributed by atoms with Gasteiger partial charge in [0.25, 0.3) is 0 Å². The zero-order chi connectivity index (χ0) is 11.4. The summed E-state index contributed by atoms with van der Waals surface area (Å²) in [6.07, 6.45) is -1.24. The fourth-order valence-electron chi connectivity index (χ4n) is 1.13. The Bertz CT molecular complexity index is 372. The van der Waals surface area contributed by atoms with E-state index in [-0.39, 0.29) is 11.5 Å². The third kappa shape index (κ3) is 2.98. The Kier molecular flexibility index (Phi) is 3.28. The van der Waals surface area contributed by atoms with Gasteiger partial charge in [-0.3, -0.25) is 4.79 Å². The molecule has 0 fully saturated rings. The first-order valence-corrected chi connectivity index (χ1v) is 4.33. The summed E-state index contributed by atoms with van der Waals surface area (Å²) in [5.74, 6) is -0.275. The number of rotatable bonds is 3. The monoisotopic (exact) mass is 209 g/mol. The minimum Gasteiger partial charge on any atom is -0.508 e. The van der Waals surface area contributed by atoms with E-state index in [1.165, 1.54) is 31.2 Å². The fourth-order valence-corrected chi connectivity index (χ4v) is 1.13. The number of aromatic hydroxyl groups is 1. The van der Waals surface area contributed by atoms with Crippen LogP contribution in [0.4, 0.5) is 4.79 Å². The lowest BCUT2D eigenvalue weighted by molar-refractivity contribution is 0.0945. The Hall–Kier alpha value is -2.04. The van der Waals surface area contributed by atoms with Crippen LogP contribution in [0.3, 0.4) is 0 Å². The summed E-state index contributed by atoms with van der Waals surface area (Å²) in [5.41, 5.74) is 0.356. The van der Waals surface area contributed by atoms with Gasteiger partial charge >= 0.3 is 6.09 Å². The molecule has 0 aromatic heterocycles. The number of carbonyl (C=O) groups excluding carboxylic acids is 1. The first kappa shape index (κ1) is 11.0. The Labute approximate surface area is 86.4 Å². The summed E-state index contributed by atoms with van der Waals surface area (Å²) >= 11 is 0. The second kappa shape index (κ2) is 4.45. The largest absolute Gasteiger partial charge is 0.508 e. The maximum atomic E-state index is 11.6. The predicted octanol–water partition coefficient (Wildman–Crippen LogP) is 1.23. The minimum atomic E-state index is -1.24. The van der Waals surface area contributed by atoms with Crippen LogP contribution in [0, 0.1) is 0 Å². The summed E-state index contributed by atoms with van der Waals surface area (Å²) < 4.78 is 0.